The van der Waals surface area contributed by atoms with Crippen LogP contribution in [0.1, 0.15) is 33.0 Å². The van der Waals surface area contributed by atoms with E-state index in [0.29, 0.717) is 32.6 Å². The number of morpholine rings is 1. The van der Waals surface area contributed by atoms with Crippen LogP contribution in [0.5, 0.6) is 0 Å². The van der Waals surface area contributed by atoms with E-state index in [-0.39, 0.29) is 6.04 Å². The third-order valence-corrected chi connectivity index (χ3v) is 3.82. The van der Waals surface area contributed by atoms with Crippen molar-refractivity contribution in [3.05, 3.63) is 18.2 Å². The van der Waals surface area contributed by atoms with Crippen molar-refractivity contribution in [2.75, 3.05) is 19.8 Å². The predicted molar refractivity (Wildman–Crippen MR) is 85.1 cm³/mol. The highest BCUT2D eigenvalue weighted by atomic mass is 16.6. The standard InChI is InChI=1S/C16H27N3O4/c1-16(2,3)23-15(21)19-9-10-22-11-12(19)13(20)5-6-14-17-7-8-18(14)4/h7-8,12-13,20H,5-6,9-11H2,1-4H3. The predicted octanol–water partition coefficient (Wildman–Crippen LogP) is 1.35. The zero-order chi connectivity index (χ0) is 17.0. The molecule has 7 heteroatoms. The summed E-state index contributed by atoms with van der Waals surface area (Å²) in [6.07, 6.45) is 3.68. The third kappa shape index (κ3) is 4.94. The van der Waals surface area contributed by atoms with Gasteiger partial charge in [0.25, 0.3) is 0 Å². The lowest BCUT2D eigenvalue weighted by Crippen LogP contribution is -2.55. The number of imidazole rings is 1. The highest BCUT2D eigenvalue weighted by Crippen LogP contribution is 2.19. The maximum atomic E-state index is 12.3. The van der Waals surface area contributed by atoms with Crippen LogP contribution < -0.4 is 0 Å². The Morgan fingerprint density at radius 3 is 2.91 bits per heavy atom. The minimum absolute atomic E-state index is 0.320. The number of aliphatic hydroxyl groups is 1. The maximum absolute atomic E-state index is 12.3. The van der Waals surface area contributed by atoms with E-state index in [0.717, 1.165) is 5.82 Å². The molecular weight excluding hydrogens is 298 g/mol. The Balaban J connectivity index is 1.96. The molecule has 1 saturated heterocycles. The Morgan fingerprint density at radius 2 is 2.30 bits per heavy atom. The average molecular weight is 325 g/mol. The Morgan fingerprint density at radius 1 is 1.57 bits per heavy atom. The molecule has 0 saturated carbocycles. The highest BCUT2D eigenvalue weighted by Gasteiger charge is 2.35. The van der Waals surface area contributed by atoms with Crippen molar-refractivity contribution >= 4 is 6.09 Å². The second-order valence-electron chi connectivity index (χ2n) is 6.88. The summed E-state index contributed by atoms with van der Waals surface area (Å²) in [7, 11) is 1.92. The fraction of sp³-hybridized carbons (Fsp3) is 0.750. The van der Waals surface area contributed by atoms with Crippen LogP contribution in [0.3, 0.4) is 0 Å². The van der Waals surface area contributed by atoms with Crippen molar-refractivity contribution in [1.29, 1.82) is 0 Å². The number of carbonyl (C=O) groups is 1. The zero-order valence-corrected chi connectivity index (χ0v) is 14.4. The molecule has 0 bridgehead atoms. The Kier molecular flexibility index (Phi) is 5.64. The number of aliphatic hydroxyl groups excluding tert-OH is 1. The summed E-state index contributed by atoms with van der Waals surface area (Å²) in [4.78, 5) is 18.2. The largest absolute Gasteiger partial charge is 0.444 e. The average Bonchev–Trinajstić information content (AvgIpc) is 2.88. The van der Waals surface area contributed by atoms with Crippen LogP contribution in [0.2, 0.25) is 0 Å². The number of nitrogens with zero attached hydrogens (tertiary/aromatic N) is 3. The molecule has 0 aliphatic carbocycles. The molecular formula is C16H27N3O4. The van der Waals surface area contributed by atoms with E-state index in [1.807, 2.05) is 38.6 Å². The summed E-state index contributed by atoms with van der Waals surface area (Å²) < 4.78 is 12.8. The van der Waals surface area contributed by atoms with Crippen LogP contribution >= 0.6 is 0 Å². The first-order chi connectivity index (χ1) is 10.8. The first kappa shape index (κ1) is 17.7. The summed E-state index contributed by atoms with van der Waals surface area (Å²) in [5.41, 5.74) is -0.558. The van der Waals surface area contributed by atoms with Gasteiger partial charge in [-0.25, -0.2) is 9.78 Å². The van der Waals surface area contributed by atoms with Crippen LogP contribution in [0.15, 0.2) is 12.4 Å². The van der Waals surface area contributed by atoms with Gasteiger partial charge in [0.1, 0.15) is 11.4 Å². The Bertz CT molecular complexity index is 524. The molecule has 1 aromatic heterocycles. The molecule has 2 rings (SSSR count). The maximum Gasteiger partial charge on any atom is 0.410 e. The lowest BCUT2D eigenvalue weighted by Gasteiger charge is -2.38. The van der Waals surface area contributed by atoms with Gasteiger partial charge in [-0.3, -0.25) is 4.90 Å². The van der Waals surface area contributed by atoms with Crippen LogP contribution in [0, 0.1) is 0 Å². The van der Waals surface area contributed by atoms with E-state index < -0.39 is 17.8 Å². The Labute approximate surface area is 137 Å². The van der Waals surface area contributed by atoms with Gasteiger partial charge in [0.05, 0.1) is 25.4 Å². The number of carbonyl (C=O) groups excluding carboxylic acids is 1. The van der Waals surface area contributed by atoms with Crippen LogP contribution in [0.4, 0.5) is 4.79 Å². The van der Waals surface area contributed by atoms with Crippen molar-refractivity contribution in [1.82, 2.24) is 14.5 Å². The quantitative estimate of drug-likeness (QED) is 0.904. The normalized spacial score (nSPS) is 20.4. The molecule has 1 aliphatic heterocycles. The molecule has 2 heterocycles. The van der Waals surface area contributed by atoms with Gasteiger partial charge in [-0.15, -0.1) is 0 Å². The molecule has 1 fully saturated rings. The lowest BCUT2D eigenvalue weighted by atomic mass is 10.0. The molecule has 23 heavy (non-hydrogen) atoms. The van der Waals surface area contributed by atoms with Crippen molar-refractivity contribution in [2.45, 2.75) is 51.4 Å². The molecule has 130 valence electrons. The molecule has 1 N–H and O–H groups in total. The first-order valence-electron chi connectivity index (χ1n) is 7.99. The summed E-state index contributed by atoms with van der Waals surface area (Å²) in [6, 6.07) is -0.390. The molecule has 0 radical (unpaired) electrons. The van der Waals surface area contributed by atoms with Crippen molar-refractivity contribution < 1.29 is 19.4 Å². The third-order valence-electron chi connectivity index (χ3n) is 3.82. The van der Waals surface area contributed by atoms with E-state index in [1.165, 1.54) is 0 Å². The molecule has 2 unspecified atom stereocenters. The van der Waals surface area contributed by atoms with Gasteiger partial charge in [-0.1, -0.05) is 0 Å². The number of hydrogen-bond donors (Lipinski definition) is 1. The molecule has 0 spiro atoms. The minimum Gasteiger partial charge on any atom is -0.444 e. The topological polar surface area (TPSA) is 76.8 Å². The molecule has 1 aliphatic rings. The van der Waals surface area contributed by atoms with Gasteiger partial charge in [0.15, 0.2) is 0 Å². The second kappa shape index (κ2) is 7.31. The molecule has 2 atom stereocenters. The fourth-order valence-electron chi connectivity index (χ4n) is 2.60. The first-order valence-corrected chi connectivity index (χ1v) is 7.99. The van der Waals surface area contributed by atoms with E-state index in [2.05, 4.69) is 4.98 Å². The van der Waals surface area contributed by atoms with Gasteiger partial charge in [-0.05, 0) is 27.2 Å². The van der Waals surface area contributed by atoms with Gasteiger partial charge in [-0.2, -0.15) is 0 Å². The van der Waals surface area contributed by atoms with E-state index in [4.69, 9.17) is 9.47 Å². The van der Waals surface area contributed by atoms with Gasteiger partial charge in [0.2, 0.25) is 0 Å². The van der Waals surface area contributed by atoms with E-state index in [9.17, 15) is 9.90 Å². The smallest absolute Gasteiger partial charge is 0.410 e. The summed E-state index contributed by atoms with van der Waals surface area (Å²) >= 11 is 0. The Hall–Kier alpha value is -1.60. The minimum atomic E-state index is -0.681. The SMILES string of the molecule is Cn1ccnc1CCC(O)C1COCCN1C(=O)OC(C)(C)C. The molecule has 7 nitrogen and oxygen atoms in total. The monoisotopic (exact) mass is 325 g/mol. The molecule has 1 amide bonds. The second-order valence-corrected chi connectivity index (χ2v) is 6.88. The van der Waals surface area contributed by atoms with Crippen molar-refractivity contribution in [3.8, 4) is 0 Å². The van der Waals surface area contributed by atoms with E-state index in [1.54, 1.807) is 11.1 Å². The van der Waals surface area contributed by atoms with Crippen molar-refractivity contribution in [2.24, 2.45) is 7.05 Å². The fourth-order valence-corrected chi connectivity index (χ4v) is 2.60. The number of amides is 1. The molecule has 1 aromatic rings. The van der Waals surface area contributed by atoms with Crippen molar-refractivity contribution in [3.63, 3.8) is 0 Å². The lowest BCUT2D eigenvalue weighted by molar-refractivity contribution is -0.0677. The number of hydrogen-bond acceptors (Lipinski definition) is 5. The number of aryl methyl sites for hydroxylation is 2. The summed E-state index contributed by atoms with van der Waals surface area (Å²) in [5, 5.41) is 10.5. The summed E-state index contributed by atoms with van der Waals surface area (Å²) in [5.74, 6) is 0.907. The number of rotatable bonds is 4. The highest BCUT2D eigenvalue weighted by molar-refractivity contribution is 5.68. The van der Waals surface area contributed by atoms with E-state index >= 15 is 0 Å². The van der Waals surface area contributed by atoms with Crippen LogP contribution in [-0.4, -0.2) is 63.2 Å². The zero-order valence-electron chi connectivity index (χ0n) is 14.4. The van der Waals surface area contributed by atoms with Crippen LogP contribution in [-0.2, 0) is 22.9 Å². The van der Waals surface area contributed by atoms with Gasteiger partial charge in [0, 0.05) is 32.4 Å². The van der Waals surface area contributed by atoms with Crippen LogP contribution in [0.25, 0.3) is 0 Å². The summed E-state index contributed by atoms with van der Waals surface area (Å²) in [6.45, 7) is 6.70. The molecule has 0 aromatic carbocycles. The number of aromatic nitrogens is 2. The number of ether oxygens (including phenoxy) is 2. The van der Waals surface area contributed by atoms with Gasteiger partial charge >= 0.3 is 6.09 Å². The van der Waals surface area contributed by atoms with Gasteiger partial charge < -0.3 is 19.1 Å².